The zero-order valence-corrected chi connectivity index (χ0v) is 13.1. The van der Waals surface area contributed by atoms with Crippen LogP contribution in [0.1, 0.15) is 29.6 Å². The number of nitrogens with one attached hydrogen (secondary N) is 1. The minimum Gasteiger partial charge on any atom is -0.434 e. The van der Waals surface area contributed by atoms with Gasteiger partial charge in [-0.3, -0.25) is 9.59 Å². The summed E-state index contributed by atoms with van der Waals surface area (Å²) >= 11 is 0. The van der Waals surface area contributed by atoms with E-state index in [0.717, 1.165) is 0 Å². The van der Waals surface area contributed by atoms with E-state index < -0.39 is 18.6 Å². The van der Waals surface area contributed by atoms with Crippen molar-refractivity contribution in [2.45, 2.75) is 31.9 Å². The highest BCUT2D eigenvalue weighted by molar-refractivity contribution is 6.00. The van der Waals surface area contributed by atoms with Gasteiger partial charge in [0.1, 0.15) is 11.8 Å². The van der Waals surface area contributed by atoms with Gasteiger partial charge in [-0.1, -0.05) is 12.1 Å². The average Bonchev–Trinajstić information content (AvgIpc) is 3.04. The lowest BCUT2D eigenvalue weighted by Crippen LogP contribution is -2.46. The van der Waals surface area contributed by atoms with E-state index in [1.54, 1.807) is 6.07 Å². The molecule has 8 heteroatoms. The van der Waals surface area contributed by atoms with Crippen molar-refractivity contribution in [3.63, 3.8) is 0 Å². The Labute approximate surface area is 138 Å². The van der Waals surface area contributed by atoms with Crippen molar-refractivity contribution < 1.29 is 28.2 Å². The lowest BCUT2D eigenvalue weighted by molar-refractivity contribution is -0.124. The quantitative estimate of drug-likeness (QED) is 0.734. The Balaban J connectivity index is 2.12. The van der Waals surface area contributed by atoms with E-state index in [-0.39, 0.29) is 23.8 Å². The topological polar surface area (TPSA) is 78.9 Å². The number of alkyl halides is 2. The first-order chi connectivity index (χ1) is 11.5. The SMILES string of the molecule is O=C(NCCCO)C1CCCN1C(=O)c1ccccc1OC(F)F. The van der Waals surface area contributed by atoms with Crippen LogP contribution in [0.4, 0.5) is 8.78 Å². The number of hydrogen-bond acceptors (Lipinski definition) is 4. The minimum absolute atomic E-state index is 0.00728. The molecule has 2 N–H and O–H groups in total. The van der Waals surface area contributed by atoms with Crippen molar-refractivity contribution in [3.05, 3.63) is 29.8 Å². The molecule has 0 spiro atoms. The van der Waals surface area contributed by atoms with Crippen LogP contribution in [-0.2, 0) is 4.79 Å². The van der Waals surface area contributed by atoms with Crippen molar-refractivity contribution in [2.75, 3.05) is 19.7 Å². The molecule has 1 heterocycles. The van der Waals surface area contributed by atoms with Crippen LogP contribution in [0.15, 0.2) is 24.3 Å². The molecule has 6 nitrogen and oxygen atoms in total. The Morgan fingerprint density at radius 1 is 1.38 bits per heavy atom. The molecule has 1 fully saturated rings. The number of aliphatic hydroxyl groups is 1. The van der Waals surface area contributed by atoms with Gasteiger partial charge < -0.3 is 20.1 Å². The summed E-state index contributed by atoms with van der Waals surface area (Å²) in [5.74, 6) is -1.02. The normalized spacial score (nSPS) is 17.2. The summed E-state index contributed by atoms with van der Waals surface area (Å²) in [6.07, 6.45) is 1.59. The molecule has 0 radical (unpaired) electrons. The number of para-hydroxylation sites is 1. The Hall–Kier alpha value is -2.22. The molecule has 1 aliphatic rings. The number of nitrogens with zero attached hydrogens (tertiary/aromatic N) is 1. The lowest BCUT2D eigenvalue weighted by Gasteiger charge is -2.24. The van der Waals surface area contributed by atoms with Crippen LogP contribution < -0.4 is 10.1 Å². The number of hydrogen-bond donors (Lipinski definition) is 2. The Bertz CT molecular complexity index is 583. The van der Waals surface area contributed by atoms with Gasteiger partial charge >= 0.3 is 6.61 Å². The van der Waals surface area contributed by atoms with Crippen LogP contribution in [0.3, 0.4) is 0 Å². The highest BCUT2D eigenvalue weighted by Crippen LogP contribution is 2.26. The number of benzene rings is 1. The number of amides is 2. The van der Waals surface area contributed by atoms with Gasteiger partial charge in [0.15, 0.2) is 0 Å². The molecule has 1 unspecified atom stereocenters. The molecule has 0 bridgehead atoms. The summed E-state index contributed by atoms with van der Waals surface area (Å²) in [6, 6.07) is 5.11. The number of carbonyl (C=O) groups is 2. The number of carbonyl (C=O) groups excluding carboxylic acids is 2. The van der Waals surface area contributed by atoms with Crippen molar-refractivity contribution >= 4 is 11.8 Å². The van der Waals surface area contributed by atoms with Gasteiger partial charge in [-0.05, 0) is 31.4 Å². The maximum absolute atomic E-state index is 12.7. The second-order valence-corrected chi connectivity index (χ2v) is 5.40. The summed E-state index contributed by atoms with van der Waals surface area (Å²) in [5.41, 5.74) is 0.00728. The molecule has 1 aliphatic heterocycles. The van der Waals surface area contributed by atoms with Gasteiger partial charge in [0, 0.05) is 19.7 Å². The standard InChI is InChI=1S/C16H20F2N2O4/c17-16(18)24-13-7-2-1-5-11(13)15(23)20-9-3-6-12(20)14(22)19-8-4-10-21/h1-2,5,7,12,16,21H,3-4,6,8-10H2,(H,19,22). The van der Waals surface area contributed by atoms with Crippen molar-refractivity contribution in [1.29, 1.82) is 0 Å². The molecular weight excluding hydrogens is 322 g/mol. The van der Waals surface area contributed by atoms with Crippen LogP contribution in [0, 0.1) is 0 Å². The largest absolute Gasteiger partial charge is 0.434 e. The molecule has 1 saturated heterocycles. The molecule has 132 valence electrons. The van der Waals surface area contributed by atoms with E-state index >= 15 is 0 Å². The fourth-order valence-electron chi connectivity index (χ4n) is 2.69. The highest BCUT2D eigenvalue weighted by atomic mass is 19.3. The second kappa shape index (κ2) is 8.58. The van der Waals surface area contributed by atoms with Crippen molar-refractivity contribution in [1.82, 2.24) is 10.2 Å². The van der Waals surface area contributed by atoms with E-state index in [1.807, 2.05) is 0 Å². The Morgan fingerprint density at radius 2 is 2.12 bits per heavy atom. The Kier molecular flexibility index (Phi) is 6.48. The first kappa shape index (κ1) is 18.1. The van der Waals surface area contributed by atoms with Gasteiger partial charge in [0.05, 0.1) is 5.56 Å². The predicted octanol–water partition coefficient (Wildman–Crippen LogP) is 1.39. The van der Waals surface area contributed by atoms with E-state index in [9.17, 15) is 18.4 Å². The summed E-state index contributed by atoms with van der Waals surface area (Å²) in [5, 5.41) is 11.4. The molecule has 0 saturated carbocycles. The summed E-state index contributed by atoms with van der Waals surface area (Å²) in [6.45, 7) is -2.37. The first-order valence-electron chi connectivity index (χ1n) is 7.78. The van der Waals surface area contributed by atoms with Gasteiger partial charge in [-0.15, -0.1) is 0 Å². The van der Waals surface area contributed by atoms with Crippen molar-refractivity contribution in [3.8, 4) is 5.75 Å². The second-order valence-electron chi connectivity index (χ2n) is 5.40. The smallest absolute Gasteiger partial charge is 0.387 e. The average molecular weight is 342 g/mol. The van der Waals surface area contributed by atoms with Gasteiger partial charge in [-0.2, -0.15) is 8.78 Å². The monoisotopic (exact) mass is 342 g/mol. The third-order valence-corrected chi connectivity index (χ3v) is 3.78. The molecule has 1 atom stereocenters. The number of aliphatic hydroxyl groups excluding tert-OH is 1. The van der Waals surface area contributed by atoms with Crippen LogP contribution in [-0.4, -0.2) is 54.2 Å². The number of ether oxygens (including phenoxy) is 1. The molecule has 1 aromatic rings. The highest BCUT2D eigenvalue weighted by Gasteiger charge is 2.35. The summed E-state index contributed by atoms with van der Waals surface area (Å²) < 4.78 is 29.4. The molecule has 0 aromatic heterocycles. The maximum atomic E-state index is 12.7. The fraction of sp³-hybridized carbons (Fsp3) is 0.500. The minimum atomic E-state index is -3.03. The van der Waals surface area contributed by atoms with Crippen LogP contribution in [0.25, 0.3) is 0 Å². The third-order valence-electron chi connectivity index (χ3n) is 3.78. The molecule has 1 aromatic carbocycles. The van der Waals surface area contributed by atoms with Crippen LogP contribution in [0.5, 0.6) is 5.75 Å². The summed E-state index contributed by atoms with van der Waals surface area (Å²) in [7, 11) is 0. The van der Waals surface area contributed by atoms with Crippen molar-refractivity contribution in [2.24, 2.45) is 0 Å². The predicted molar refractivity (Wildman–Crippen MR) is 81.8 cm³/mol. The first-order valence-corrected chi connectivity index (χ1v) is 7.78. The third kappa shape index (κ3) is 4.41. The number of rotatable bonds is 7. The van der Waals surface area contributed by atoms with Gasteiger partial charge in [0.25, 0.3) is 5.91 Å². The van der Waals surface area contributed by atoms with E-state index in [1.165, 1.54) is 23.1 Å². The van der Waals surface area contributed by atoms with Crippen LogP contribution in [0.2, 0.25) is 0 Å². The van der Waals surface area contributed by atoms with E-state index in [4.69, 9.17) is 5.11 Å². The van der Waals surface area contributed by atoms with Crippen LogP contribution >= 0.6 is 0 Å². The van der Waals surface area contributed by atoms with Gasteiger partial charge in [-0.25, -0.2) is 0 Å². The van der Waals surface area contributed by atoms with Gasteiger partial charge in [0.2, 0.25) is 5.91 Å². The molecule has 2 rings (SSSR count). The van der Waals surface area contributed by atoms with E-state index in [2.05, 4.69) is 10.1 Å². The molecular formula is C16H20F2N2O4. The fourth-order valence-corrected chi connectivity index (χ4v) is 2.69. The number of likely N-dealkylation sites (tertiary alicyclic amines) is 1. The Morgan fingerprint density at radius 3 is 2.83 bits per heavy atom. The maximum Gasteiger partial charge on any atom is 0.387 e. The molecule has 24 heavy (non-hydrogen) atoms. The zero-order valence-electron chi connectivity index (χ0n) is 13.1. The molecule has 0 aliphatic carbocycles. The number of halogens is 2. The van der Waals surface area contributed by atoms with E-state index in [0.29, 0.717) is 32.4 Å². The summed E-state index contributed by atoms with van der Waals surface area (Å²) in [4.78, 5) is 26.2. The molecule has 2 amide bonds. The lowest BCUT2D eigenvalue weighted by atomic mass is 10.1. The zero-order chi connectivity index (χ0) is 17.5.